The van der Waals surface area contributed by atoms with Gasteiger partial charge in [0.15, 0.2) is 0 Å². The normalized spacial score (nSPS) is 11.1. The Balaban J connectivity index is 1.92. The van der Waals surface area contributed by atoms with Crippen LogP contribution in [0.3, 0.4) is 0 Å². The molecule has 0 aliphatic carbocycles. The number of anilines is 1. The van der Waals surface area contributed by atoms with E-state index in [1.54, 1.807) is 12.1 Å². The van der Waals surface area contributed by atoms with Crippen molar-refractivity contribution in [3.05, 3.63) is 70.8 Å². The van der Waals surface area contributed by atoms with E-state index >= 15 is 0 Å². The molecule has 0 aromatic heterocycles. The SMILES string of the molecule is O=[N+]([O-])c1ccc(N=Nc2ccc(NCCO)c3ccccc23)cc1. The fourth-order valence-electron chi connectivity index (χ4n) is 2.47. The second-order valence-electron chi connectivity index (χ2n) is 5.30. The molecule has 0 saturated carbocycles. The maximum Gasteiger partial charge on any atom is 0.269 e. The van der Waals surface area contributed by atoms with Crippen molar-refractivity contribution >= 4 is 33.5 Å². The summed E-state index contributed by atoms with van der Waals surface area (Å²) < 4.78 is 0. The molecule has 0 aliphatic heterocycles. The van der Waals surface area contributed by atoms with Crippen molar-refractivity contribution in [2.24, 2.45) is 10.2 Å². The molecule has 3 aromatic carbocycles. The third-order valence-corrected chi connectivity index (χ3v) is 3.66. The topological polar surface area (TPSA) is 100 Å². The fourth-order valence-corrected chi connectivity index (χ4v) is 2.47. The third-order valence-electron chi connectivity index (χ3n) is 3.66. The number of hydrogen-bond acceptors (Lipinski definition) is 6. The van der Waals surface area contributed by atoms with E-state index < -0.39 is 4.92 Å². The summed E-state index contributed by atoms with van der Waals surface area (Å²) >= 11 is 0. The number of azo groups is 1. The highest BCUT2D eigenvalue weighted by Crippen LogP contribution is 2.32. The van der Waals surface area contributed by atoms with E-state index in [4.69, 9.17) is 5.11 Å². The maximum absolute atomic E-state index is 10.7. The highest BCUT2D eigenvalue weighted by Gasteiger charge is 2.06. The number of nitro benzene ring substituents is 1. The fraction of sp³-hybridized carbons (Fsp3) is 0.111. The van der Waals surface area contributed by atoms with Crippen molar-refractivity contribution in [2.75, 3.05) is 18.5 Å². The molecule has 0 heterocycles. The quantitative estimate of drug-likeness (QED) is 0.391. The van der Waals surface area contributed by atoms with E-state index in [1.165, 1.54) is 12.1 Å². The number of aliphatic hydroxyl groups excluding tert-OH is 1. The number of non-ortho nitro benzene ring substituents is 1. The lowest BCUT2D eigenvalue weighted by molar-refractivity contribution is -0.384. The summed E-state index contributed by atoms with van der Waals surface area (Å²) in [6.45, 7) is 0.517. The zero-order valence-electron chi connectivity index (χ0n) is 13.3. The van der Waals surface area contributed by atoms with Crippen molar-refractivity contribution < 1.29 is 10.0 Å². The van der Waals surface area contributed by atoms with Crippen LogP contribution in [-0.2, 0) is 0 Å². The lowest BCUT2D eigenvalue weighted by Gasteiger charge is -2.10. The van der Waals surface area contributed by atoms with Gasteiger partial charge in [-0.2, -0.15) is 5.11 Å². The smallest absolute Gasteiger partial charge is 0.269 e. The largest absolute Gasteiger partial charge is 0.395 e. The number of hydrogen-bond donors (Lipinski definition) is 2. The second-order valence-corrected chi connectivity index (χ2v) is 5.30. The predicted molar refractivity (Wildman–Crippen MR) is 96.8 cm³/mol. The molecular weight excluding hydrogens is 320 g/mol. The summed E-state index contributed by atoms with van der Waals surface area (Å²) in [5.41, 5.74) is 2.17. The van der Waals surface area contributed by atoms with Crippen LogP contribution in [0.2, 0.25) is 0 Å². The molecule has 0 saturated heterocycles. The molecule has 0 fully saturated rings. The Kier molecular flexibility index (Phi) is 4.96. The monoisotopic (exact) mass is 336 g/mol. The second kappa shape index (κ2) is 7.50. The maximum atomic E-state index is 10.7. The van der Waals surface area contributed by atoms with Crippen molar-refractivity contribution in [1.29, 1.82) is 0 Å². The molecule has 0 radical (unpaired) electrons. The number of benzene rings is 3. The van der Waals surface area contributed by atoms with Crippen LogP contribution in [0.1, 0.15) is 0 Å². The van der Waals surface area contributed by atoms with E-state index in [0.717, 1.165) is 16.5 Å². The minimum atomic E-state index is -0.452. The molecular formula is C18H16N4O3. The zero-order chi connectivity index (χ0) is 17.6. The van der Waals surface area contributed by atoms with Crippen LogP contribution in [0.4, 0.5) is 22.7 Å². The number of rotatable bonds is 6. The van der Waals surface area contributed by atoms with E-state index in [-0.39, 0.29) is 12.3 Å². The molecule has 126 valence electrons. The minimum absolute atomic E-state index is 0.0173. The van der Waals surface area contributed by atoms with Gasteiger partial charge in [-0.1, -0.05) is 24.3 Å². The minimum Gasteiger partial charge on any atom is -0.395 e. The summed E-state index contributed by atoms with van der Waals surface area (Å²) in [6.07, 6.45) is 0. The predicted octanol–water partition coefficient (Wildman–Crippen LogP) is 4.57. The average Bonchev–Trinajstić information content (AvgIpc) is 2.65. The molecule has 2 N–H and O–H groups in total. The first kappa shape index (κ1) is 16.5. The molecule has 0 atom stereocenters. The van der Waals surface area contributed by atoms with E-state index in [9.17, 15) is 10.1 Å². The number of fused-ring (bicyclic) bond motifs is 1. The molecule has 3 rings (SSSR count). The van der Waals surface area contributed by atoms with E-state index in [2.05, 4.69) is 15.5 Å². The molecule has 0 unspecified atom stereocenters. The van der Waals surface area contributed by atoms with Crippen molar-refractivity contribution in [3.8, 4) is 0 Å². The van der Waals surface area contributed by atoms with E-state index in [0.29, 0.717) is 17.9 Å². The zero-order valence-corrected chi connectivity index (χ0v) is 13.3. The Hall–Kier alpha value is -3.32. The number of nitrogens with one attached hydrogen (secondary N) is 1. The average molecular weight is 336 g/mol. The number of nitro groups is 1. The van der Waals surface area contributed by atoms with Crippen LogP contribution >= 0.6 is 0 Å². The lowest BCUT2D eigenvalue weighted by Crippen LogP contribution is -2.05. The first-order chi connectivity index (χ1) is 12.2. The molecule has 7 heteroatoms. The van der Waals surface area contributed by atoms with Crippen molar-refractivity contribution in [2.45, 2.75) is 0 Å². The summed E-state index contributed by atoms with van der Waals surface area (Å²) in [7, 11) is 0. The molecule has 0 amide bonds. The highest BCUT2D eigenvalue weighted by atomic mass is 16.6. The van der Waals surface area contributed by atoms with Gasteiger partial charge < -0.3 is 10.4 Å². The number of aliphatic hydroxyl groups is 1. The molecule has 0 aliphatic rings. The van der Waals surface area contributed by atoms with Gasteiger partial charge in [-0.15, -0.1) is 5.11 Å². The van der Waals surface area contributed by atoms with E-state index in [1.807, 2.05) is 36.4 Å². The van der Waals surface area contributed by atoms with Crippen molar-refractivity contribution in [3.63, 3.8) is 0 Å². The van der Waals surface area contributed by atoms with Crippen molar-refractivity contribution in [1.82, 2.24) is 0 Å². The van der Waals surface area contributed by atoms with Gasteiger partial charge in [0, 0.05) is 35.1 Å². The number of nitrogens with zero attached hydrogens (tertiary/aromatic N) is 3. The summed E-state index contributed by atoms with van der Waals surface area (Å²) in [6, 6.07) is 17.4. The van der Waals surface area contributed by atoms with Gasteiger partial charge in [0.1, 0.15) is 0 Å². The Bertz CT molecular complexity index is 923. The Morgan fingerprint density at radius 1 is 0.960 bits per heavy atom. The molecule has 7 nitrogen and oxygen atoms in total. The van der Waals surface area contributed by atoms with Gasteiger partial charge >= 0.3 is 0 Å². The van der Waals surface area contributed by atoms with Gasteiger partial charge in [0.25, 0.3) is 5.69 Å². The van der Waals surface area contributed by atoms with Gasteiger partial charge in [0.2, 0.25) is 0 Å². The van der Waals surface area contributed by atoms with Crippen LogP contribution in [0.15, 0.2) is 70.9 Å². The van der Waals surface area contributed by atoms with Gasteiger partial charge in [0.05, 0.1) is 22.9 Å². The van der Waals surface area contributed by atoms with Crippen LogP contribution < -0.4 is 5.32 Å². The molecule has 0 bridgehead atoms. The summed E-state index contributed by atoms with van der Waals surface area (Å²) in [5, 5.41) is 33.2. The summed E-state index contributed by atoms with van der Waals surface area (Å²) in [5.74, 6) is 0. The standard InChI is InChI=1S/C18H16N4O3/c23-12-11-19-17-9-10-18(16-4-2-1-3-15(16)17)21-20-13-5-7-14(8-6-13)22(24)25/h1-10,19,23H,11-12H2. The Labute approximate surface area is 143 Å². The van der Waals surface area contributed by atoms with Gasteiger partial charge in [-0.3, -0.25) is 10.1 Å². The van der Waals surface area contributed by atoms with Crippen LogP contribution in [0, 0.1) is 10.1 Å². The van der Waals surface area contributed by atoms with Crippen LogP contribution in [0.5, 0.6) is 0 Å². The Morgan fingerprint density at radius 3 is 2.36 bits per heavy atom. The van der Waals surface area contributed by atoms with Gasteiger partial charge in [-0.25, -0.2) is 0 Å². The summed E-state index contributed by atoms with van der Waals surface area (Å²) in [4.78, 5) is 10.2. The first-order valence-electron chi connectivity index (χ1n) is 7.72. The van der Waals surface area contributed by atoms with Crippen LogP contribution in [-0.4, -0.2) is 23.2 Å². The van der Waals surface area contributed by atoms with Gasteiger partial charge in [-0.05, 0) is 24.3 Å². The Morgan fingerprint density at radius 2 is 1.68 bits per heavy atom. The lowest BCUT2D eigenvalue weighted by atomic mass is 10.1. The third kappa shape index (κ3) is 3.78. The van der Waals surface area contributed by atoms with Crippen LogP contribution in [0.25, 0.3) is 10.8 Å². The first-order valence-corrected chi connectivity index (χ1v) is 7.72. The molecule has 25 heavy (non-hydrogen) atoms. The highest BCUT2D eigenvalue weighted by molar-refractivity contribution is 6.00. The molecule has 0 spiro atoms. The molecule has 3 aromatic rings.